The Labute approximate surface area is 119 Å². The molecule has 4 nitrogen and oxygen atoms in total. The van der Waals surface area contributed by atoms with Crippen molar-refractivity contribution >= 4 is 0 Å². The standard InChI is InChI=1S/C16H22O4/c17-10-15(11-18)12-19-16(20-15)8-6-14(7-9-16)13-4-2-1-3-5-13/h1-5,14,17-18H,6-12H2. The number of aliphatic hydroxyl groups is 2. The number of hydrogen-bond donors (Lipinski definition) is 2. The van der Waals surface area contributed by atoms with Crippen molar-refractivity contribution in [2.24, 2.45) is 0 Å². The summed E-state index contributed by atoms with van der Waals surface area (Å²) in [5, 5.41) is 18.8. The molecule has 1 aromatic carbocycles. The number of rotatable bonds is 3. The molecule has 2 aliphatic rings. The van der Waals surface area contributed by atoms with Crippen LogP contribution in [0.15, 0.2) is 30.3 Å². The van der Waals surface area contributed by atoms with Crippen LogP contribution in [0, 0.1) is 0 Å². The van der Waals surface area contributed by atoms with Gasteiger partial charge in [0.15, 0.2) is 5.79 Å². The summed E-state index contributed by atoms with van der Waals surface area (Å²) in [4.78, 5) is 0. The van der Waals surface area contributed by atoms with Crippen molar-refractivity contribution in [3.8, 4) is 0 Å². The highest BCUT2D eigenvalue weighted by molar-refractivity contribution is 5.20. The quantitative estimate of drug-likeness (QED) is 0.885. The highest BCUT2D eigenvalue weighted by Gasteiger charge is 2.51. The van der Waals surface area contributed by atoms with Crippen LogP contribution < -0.4 is 0 Å². The van der Waals surface area contributed by atoms with Gasteiger partial charge in [0.1, 0.15) is 5.60 Å². The lowest BCUT2D eigenvalue weighted by Gasteiger charge is -2.37. The van der Waals surface area contributed by atoms with E-state index < -0.39 is 11.4 Å². The van der Waals surface area contributed by atoms with Gasteiger partial charge in [-0.25, -0.2) is 0 Å². The average Bonchev–Trinajstić information content (AvgIpc) is 2.89. The Morgan fingerprint density at radius 1 is 1.05 bits per heavy atom. The fraction of sp³-hybridized carbons (Fsp3) is 0.625. The molecular formula is C16H22O4. The molecule has 4 heteroatoms. The van der Waals surface area contributed by atoms with E-state index in [2.05, 4.69) is 24.3 Å². The molecule has 3 rings (SSSR count). The smallest absolute Gasteiger partial charge is 0.169 e. The predicted molar refractivity (Wildman–Crippen MR) is 74.3 cm³/mol. The van der Waals surface area contributed by atoms with Crippen LogP contribution in [-0.4, -0.2) is 41.4 Å². The van der Waals surface area contributed by atoms with Crippen molar-refractivity contribution in [2.45, 2.75) is 43.0 Å². The van der Waals surface area contributed by atoms with Crippen LogP contribution in [0.4, 0.5) is 0 Å². The Bertz CT molecular complexity index is 433. The number of ether oxygens (including phenoxy) is 2. The maximum absolute atomic E-state index is 9.40. The molecule has 0 amide bonds. The second kappa shape index (κ2) is 5.45. The summed E-state index contributed by atoms with van der Waals surface area (Å²) in [6, 6.07) is 10.5. The minimum atomic E-state index is -0.917. The van der Waals surface area contributed by atoms with E-state index in [1.165, 1.54) is 5.56 Å². The zero-order valence-corrected chi connectivity index (χ0v) is 11.6. The molecule has 0 atom stereocenters. The number of aliphatic hydroxyl groups excluding tert-OH is 2. The van der Waals surface area contributed by atoms with E-state index in [0.717, 1.165) is 25.7 Å². The molecule has 1 heterocycles. The first-order valence-electron chi connectivity index (χ1n) is 7.32. The first-order valence-corrected chi connectivity index (χ1v) is 7.32. The molecule has 110 valence electrons. The second-order valence-corrected chi connectivity index (χ2v) is 5.99. The normalized spacial score (nSPS) is 32.6. The van der Waals surface area contributed by atoms with Gasteiger partial charge in [-0.05, 0) is 24.3 Å². The fourth-order valence-electron chi connectivity index (χ4n) is 3.28. The lowest BCUT2D eigenvalue weighted by molar-refractivity contribution is -0.217. The zero-order chi connectivity index (χ0) is 14.1. The molecule has 2 fully saturated rings. The summed E-state index contributed by atoms with van der Waals surface area (Å²) in [6.45, 7) is -0.128. The van der Waals surface area contributed by atoms with Gasteiger partial charge in [-0.2, -0.15) is 0 Å². The van der Waals surface area contributed by atoms with Crippen molar-refractivity contribution in [3.05, 3.63) is 35.9 Å². The maximum atomic E-state index is 9.40. The Morgan fingerprint density at radius 2 is 1.70 bits per heavy atom. The topological polar surface area (TPSA) is 58.9 Å². The third-order valence-electron chi connectivity index (χ3n) is 4.60. The van der Waals surface area contributed by atoms with Crippen LogP contribution in [-0.2, 0) is 9.47 Å². The van der Waals surface area contributed by atoms with Crippen LogP contribution in [0.2, 0.25) is 0 Å². The van der Waals surface area contributed by atoms with Gasteiger partial charge in [0.25, 0.3) is 0 Å². The van der Waals surface area contributed by atoms with Gasteiger partial charge in [-0.1, -0.05) is 30.3 Å². The Balaban J connectivity index is 1.65. The molecule has 0 radical (unpaired) electrons. The van der Waals surface area contributed by atoms with E-state index in [4.69, 9.17) is 9.47 Å². The Morgan fingerprint density at radius 3 is 2.25 bits per heavy atom. The summed E-state index contributed by atoms with van der Waals surface area (Å²) < 4.78 is 11.8. The Hall–Kier alpha value is -0.940. The molecule has 1 saturated carbocycles. The van der Waals surface area contributed by atoms with Gasteiger partial charge >= 0.3 is 0 Å². The molecule has 0 unspecified atom stereocenters. The van der Waals surface area contributed by atoms with Crippen LogP contribution in [0.5, 0.6) is 0 Å². The monoisotopic (exact) mass is 278 g/mol. The molecule has 1 saturated heterocycles. The van der Waals surface area contributed by atoms with Crippen molar-refractivity contribution in [2.75, 3.05) is 19.8 Å². The first-order chi connectivity index (χ1) is 9.71. The fourth-order valence-corrected chi connectivity index (χ4v) is 3.28. The average molecular weight is 278 g/mol. The molecule has 1 aliphatic heterocycles. The largest absolute Gasteiger partial charge is 0.393 e. The molecule has 20 heavy (non-hydrogen) atoms. The first kappa shape index (κ1) is 14.0. The molecule has 0 bridgehead atoms. The number of benzene rings is 1. The summed E-state index contributed by atoms with van der Waals surface area (Å²) in [6.07, 6.45) is 3.65. The minimum absolute atomic E-state index is 0.201. The predicted octanol–water partition coefficient (Wildman–Crippen LogP) is 1.81. The summed E-state index contributed by atoms with van der Waals surface area (Å²) >= 11 is 0. The molecular weight excluding hydrogens is 256 g/mol. The SMILES string of the molecule is OCC1(CO)COC2(CCC(c3ccccc3)CC2)O1. The Kier molecular flexibility index (Phi) is 3.82. The third kappa shape index (κ3) is 2.49. The van der Waals surface area contributed by atoms with Gasteiger partial charge in [0, 0.05) is 12.8 Å². The summed E-state index contributed by atoms with van der Waals surface area (Å²) in [7, 11) is 0. The molecule has 1 aromatic rings. The highest BCUT2D eigenvalue weighted by Crippen LogP contribution is 2.45. The van der Waals surface area contributed by atoms with Crippen LogP contribution in [0.3, 0.4) is 0 Å². The van der Waals surface area contributed by atoms with E-state index in [-0.39, 0.29) is 19.8 Å². The van der Waals surface area contributed by atoms with Gasteiger partial charge in [-0.3, -0.25) is 0 Å². The molecule has 1 aliphatic carbocycles. The molecule has 2 N–H and O–H groups in total. The minimum Gasteiger partial charge on any atom is -0.393 e. The lowest BCUT2D eigenvalue weighted by Crippen LogP contribution is -2.44. The van der Waals surface area contributed by atoms with Crippen LogP contribution in [0.25, 0.3) is 0 Å². The number of hydrogen-bond acceptors (Lipinski definition) is 4. The van der Waals surface area contributed by atoms with Gasteiger partial charge in [0.05, 0.1) is 19.8 Å². The molecule has 1 spiro atoms. The lowest BCUT2D eigenvalue weighted by atomic mass is 9.81. The van der Waals surface area contributed by atoms with E-state index in [9.17, 15) is 10.2 Å². The van der Waals surface area contributed by atoms with Gasteiger partial charge in [0.2, 0.25) is 0 Å². The van der Waals surface area contributed by atoms with E-state index in [1.807, 2.05) is 6.07 Å². The van der Waals surface area contributed by atoms with Crippen LogP contribution in [0.1, 0.15) is 37.2 Å². The highest BCUT2D eigenvalue weighted by atomic mass is 16.8. The van der Waals surface area contributed by atoms with Crippen molar-refractivity contribution in [1.29, 1.82) is 0 Å². The van der Waals surface area contributed by atoms with Crippen molar-refractivity contribution in [3.63, 3.8) is 0 Å². The molecule has 0 aromatic heterocycles. The zero-order valence-electron chi connectivity index (χ0n) is 11.6. The van der Waals surface area contributed by atoms with E-state index >= 15 is 0 Å². The summed E-state index contributed by atoms with van der Waals surface area (Å²) in [5.74, 6) is -0.0521. The van der Waals surface area contributed by atoms with Crippen LogP contribution >= 0.6 is 0 Å². The third-order valence-corrected chi connectivity index (χ3v) is 4.60. The van der Waals surface area contributed by atoms with Crippen molar-refractivity contribution in [1.82, 2.24) is 0 Å². The van der Waals surface area contributed by atoms with Crippen molar-refractivity contribution < 1.29 is 19.7 Å². The summed E-state index contributed by atoms with van der Waals surface area (Å²) in [5.41, 5.74) is 0.454. The second-order valence-electron chi connectivity index (χ2n) is 5.99. The van der Waals surface area contributed by atoms with Gasteiger partial charge in [-0.15, -0.1) is 0 Å². The van der Waals surface area contributed by atoms with Gasteiger partial charge < -0.3 is 19.7 Å². The van der Waals surface area contributed by atoms with E-state index in [1.54, 1.807) is 0 Å². The van der Waals surface area contributed by atoms with E-state index in [0.29, 0.717) is 5.92 Å². The maximum Gasteiger partial charge on any atom is 0.169 e.